The van der Waals surface area contributed by atoms with Crippen LogP contribution < -0.4 is 0 Å². The van der Waals surface area contributed by atoms with Gasteiger partial charge >= 0.3 is 12.1 Å². The van der Waals surface area contributed by atoms with Crippen LogP contribution in [0.5, 0.6) is 0 Å². The lowest BCUT2D eigenvalue weighted by atomic mass is 10.6. The largest absolute Gasteiger partial charge is 0.476 e. The average molecular weight is 259 g/mol. The fourth-order valence-electron chi connectivity index (χ4n) is 0.898. The summed E-state index contributed by atoms with van der Waals surface area (Å²) in [4.78, 5) is 2.59. The van der Waals surface area contributed by atoms with E-state index in [1.54, 1.807) is 6.08 Å². The Bertz CT molecular complexity index is 275. The van der Waals surface area contributed by atoms with E-state index in [0.29, 0.717) is 39.6 Å². The molecule has 7 nitrogen and oxygen atoms in total. The maximum absolute atomic E-state index is 8.88. The molecule has 0 saturated heterocycles. The first kappa shape index (κ1) is 16.4. The van der Waals surface area contributed by atoms with Crippen LogP contribution in [0.25, 0.3) is 4.98 Å². The summed E-state index contributed by atoms with van der Waals surface area (Å²) >= 11 is 0. The number of diazo groups is 1. The summed E-state index contributed by atoms with van der Waals surface area (Å²) in [7, 11) is 0. The molecule has 0 atom stereocenters. The van der Waals surface area contributed by atoms with Gasteiger partial charge in [-0.15, -0.1) is 6.58 Å². The second kappa shape index (κ2) is 13.4. The van der Waals surface area contributed by atoms with Gasteiger partial charge in [-0.25, -0.2) is 0 Å². The molecular weight excluding hydrogens is 240 g/mol. The Morgan fingerprint density at radius 1 is 1.06 bits per heavy atom. The van der Waals surface area contributed by atoms with Gasteiger partial charge in [0.2, 0.25) is 5.39 Å². The van der Waals surface area contributed by atoms with E-state index in [-0.39, 0.29) is 6.61 Å². The van der Waals surface area contributed by atoms with E-state index >= 15 is 0 Å². The number of aliphatic hydroxyl groups is 1. The van der Waals surface area contributed by atoms with Crippen molar-refractivity contribution < 1.29 is 24.1 Å². The highest BCUT2D eigenvalue weighted by molar-refractivity contribution is 4.87. The van der Waals surface area contributed by atoms with E-state index in [0.717, 1.165) is 6.20 Å². The third-order valence-corrected chi connectivity index (χ3v) is 1.63. The molecule has 18 heavy (non-hydrogen) atoms. The maximum Gasteiger partial charge on any atom is 0.429 e. The second-order valence-electron chi connectivity index (χ2n) is 3.02. The van der Waals surface area contributed by atoms with Gasteiger partial charge in [0, 0.05) is 0 Å². The molecule has 0 saturated carbocycles. The van der Waals surface area contributed by atoms with Gasteiger partial charge in [0.15, 0.2) is 4.98 Å². The quantitative estimate of drug-likeness (QED) is 0.247. The number of nitrogens with zero attached hydrogens (tertiary/aromatic N) is 2. The molecule has 0 spiro atoms. The molecule has 0 unspecified atom stereocenters. The van der Waals surface area contributed by atoms with E-state index in [4.69, 9.17) is 29.4 Å². The zero-order valence-electron chi connectivity index (χ0n) is 10.3. The Balaban J connectivity index is 3.10. The highest BCUT2D eigenvalue weighted by Crippen LogP contribution is 1.91. The van der Waals surface area contributed by atoms with Crippen molar-refractivity contribution in [2.24, 2.45) is 0 Å². The minimum atomic E-state index is -0.461. The van der Waals surface area contributed by atoms with Crippen LogP contribution >= 0.6 is 0 Å². The first-order valence-corrected chi connectivity index (χ1v) is 5.51. The summed E-state index contributed by atoms with van der Waals surface area (Å²) in [5, 5.41) is 16.9. The third kappa shape index (κ3) is 12.4. The van der Waals surface area contributed by atoms with Crippen molar-refractivity contribution in [2.75, 3.05) is 46.2 Å². The van der Waals surface area contributed by atoms with Crippen LogP contribution in [0.1, 0.15) is 0 Å². The minimum Gasteiger partial charge on any atom is -0.476 e. The molecule has 0 aliphatic carbocycles. The normalized spacial score (nSPS) is 10.9. The third-order valence-electron chi connectivity index (χ3n) is 1.63. The Labute approximate surface area is 106 Å². The molecule has 0 aliphatic rings. The fourth-order valence-corrected chi connectivity index (χ4v) is 0.898. The van der Waals surface area contributed by atoms with Gasteiger partial charge in [-0.05, 0) is 0 Å². The molecule has 0 aromatic heterocycles. The Morgan fingerprint density at radius 3 is 2.17 bits per heavy atom. The number of hydrogen-bond acceptors (Lipinski definition) is 6. The van der Waals surface area contributed by atoms with Crippen LogP contribution in [0.3, 0.4) is 0 Å². The minimum absolute atomic E-state index is 0.167. The van der Waals surface area contributed by atoms with Crippen molar-refractivity contribution in [3.63, 3.8) is 0 Å². The SMILES string of the molecule is C=CCOCCOCCOCCO/C(O)=C/[N+]#N. The summed E-state index contributed by atoms with van der Waals surface area (Å²) in [6, 6.07) is 0. The van der Waals surface area contributed by atoms with Gasteiger partial charge in [0.05, 0.1) is 39.6 Å². The topological polar surface area (TPSA) is 85.3 Å². The summed E-state index contributed by atoms with van der Waals surface area (Å²) in [5.41, 5.74) is 0. The van der Waals surface area contributed by atoms with E-state index in [2.05, 4.69) is 11.6 Å². The van der Waals surface area contributed by atoms with Gasteiger partial charge in [-0.2, -0.15) is 0 Å². The van der Waals surface area contributed by atoms with Crippen LogP contribution in [-0.2, 0) is 18.9 Å². The molecule has 0 fully saturated rings. The van der Waals surface area contributed by atoms with Gasteiger partial charge in [-0.3, -0.25) is 0 Å². The summed E-state index contributed by atoms with van der Waals surface area (Å²) in [6.07, 6.45) is 2.46. The lowest BCUT2D eigenvalue weighted by Gasteiger charge is -2.06. The predicted octanol–water partition coefficient (Wildman–Crippen LogP) is 1.45. The zero-order valence-corrected chi connectivity index (χ0v) is 10.3. The number of hydrogen-bond donors (Lipinski definition) is 1. The second-order valence-corrected chi connectivity index (χ2v) is 3.02. The van der Waals surface area contributed by atoms with Crippen molar-refractivity contribution in [1.29, 1.82) is 5.39 Å². The van der Waals surface area contributed by atoms with Crippen LogP contribution in [0.15, 0.2) is 24.8 Å². The Kier molecular flexibility index (Phi) is 12.2. The maximum atomic E-state index is 8.88. The van der Waals surface area contributed by atoms with Gasteiger partial charge in [0.1, 0.15) is 6.61 Å². The van der Waals surface area contributed by atoms with Crippen molar-refractivity contribution in [3.05, 3.63) is 29.8 Å². The average Bonchev–Trinajstić information content (AvgIpc) is 2.36. The van der Waals surface area contributed by atoms with E-state index in [9.17, 15) is 0 Å². The molecule has 7 heteroatoms. The molecule has 0 amide bonds. The molecule has 0 aliphatic heterocycles. The van der Waals surface area contributed by atoms with Crippen LogP contribution in [0.4, 0.5) is 0 Å². The van der Waals surface area contributed by atoms with Crippen molar-refractivity contribution >= 4 is 0 Å². The lowest BCUT2D eigenvalue weighted by Crippen LogP contribution is -2.11. The van der Waals surface area contributed by atoms with Crippen LogP contribution in [-0.4, -0.2) is 51.4 Å². The summed E-state index contributed by atoms with van der Waals surface area (Å²) in [5.74, 6) is -0.461. The predicted molar refractivity (Wildman–Crippen MR) is 64.4 cm³/mol. The fraction of sp³-hybridized carbons (Fsp3) is 0.636. The monoisotopic (exact) mass is 259 g/mol. The highest BCUT2D eigenvalue weighted by Gasteiger charge is 1.99. The molecule has 0 radical (unpaired) electrons. The van der Waals surface area contributed by atoms with Gasteiger partial charge < -0.3 is 24.1 Å². The number of aliphatic hydroxyl groups excluding tert-OH is 1. The van der Waals surface area contributed by atoms with E-state index in [1.165, 1.54) is 0 Å². The van der Waals surface area contributed by atoms with Crippen molar-refractivity contribution in [3.8, 4) is 0 Å². The number of rotatable bonds is 12. The Hall–Kier alpha value is -1.62. The first-order valence-electron chi connectivity index (χ1n) is 5.51. The van der Waals surface area contributed by atoms with Crippen molar-refractivity contribution in [2.45, 2.75) is 0 Å². The van der Waals surface area contributed by atoms with E-state index in [1.807, 2.05) is 0 Å². The molecule has 0 aromatic carbocycles. The van der Waals surface area contributed by atoms with Crippen molar-refractivity contribution in [1.82, 2.24) is 0 Å². The first-order chi connectivity index (χ1) is 8.81. The molecule has 102 valence electrons. The molecule has 0 aromatic rings. The highest BCUT2D eigenvalue weighted by atomic mass is 16.6. The van der Waals surface area contributed by atoms with Crippen LogP contribution in [0.2, 0.25) is 0 Å². The van der Waals surface area contributed by atoms with Gasteiger partial charge in [-0.1, -0.05) is 6.08 Å². The molecule has 1 N–H and O–H groups in total. The smallest absolute Gasteiger partial charge is 0.429 e. The lowest BCUT2D eigenvalue weighted by molar-refractivity contribution is -0.00205. The standard InChI is InChI=1S/C11H18N2O5/c1-2-3-15-4-5-16-6-7-17-8-9-18-11(14)10-13-12/h2,10H,1,3-9H2/p+1/b11-10+. The molecule has 0 rings (SSSR count). The molecule has 0 bridgehead atoms. The molecule has 0 heterocycles. The molecular formula is C11H19N2O5+. The number of ether oxygens (including phenoxy) is 4. The van der Waals surface area contributed by atoms with Gasteiger partial charge in [0.25, 0.3) is 0 Å². The zero-order chi connectivity index (χ0) is 13.5. The summed E-state index contributed by atoms with van der Waals surface area (Å²) < 4.78 is 20.2. The Morgan fingerprint density at radius 2 is 1.61 bits per heavy atom. The van der Waals surface area contributed by atoms with Crippen LogP contribution in [0, 0.1) is 5.39 Å². The summed E-state index contributed by atoms with van der Waals surface area (Å²) in [6.45, 7) is 6.44. The van der Waals surface area contributed by atoms with E-state index < -0.39 is 5.95 Å².